The third-order valence-corrected chi connectivity index (χ3v) is 5.18. The minimum atomic E-state index is -4.76. The third kappa shape index (κ3) is 4.55. The Balaban J connectivity index is 2.25. The molecule has 13 heteroatoms. The molecule has 1 amide bonds. The van der Waals surface area contributed by atoms with E-state index in [2.05, 4.69) is 4.74 Å². The number of pyridine rings is 1. The molecule has 0 atom stereocenters. The fourth-order valence-corrected chi connectivity index (χ4v) is 3.82. The summed E-state index contributed by atoms with van der Waals surface area (Å²) < 4.78 is 64.9. The number of halogens is 4. The van der Waals surface area contributed by atoms with Crippen LogP contribution in [0, 0.1) is 11.7 Å². The molecule has 3 N–H and O–H groups in total. The van der Waals surface area contributed by atoms with Crippen LogP contribution in [0.15, 0.2) is 17.1 Å². The number of benzene rings is 1. The Bertz CT molecular complexity index is 1120. The second-order valence-electron chi connectivity index (χ2n) is 7.23. The highest BCUT2D eigenvalue weighted by Gasteiger charge is 2.33. The van der Waals surface area contributed by atoms with Gasteiger partial charge in [0.05, 0.1) is 24.2 Å². The van der Waals surface area contributed by atoms with E-state index in [0.717, 1.165) is 13.2 Å². The van der Waals surface area contributed by atoms with Crippen LogP contribution in [0.1, 0.15) is 12.8 Å². The van der Waals surface area contributed by atoms with Gasteiger partial charge in [-0.05, 0) is 18.9 Å². The first-order valence-corrected chi connectivity index (χ1v) is 9.38. The molecule has 1 aromatic carbocycles. The van der Waals surface area contributed by atoms with Gasteiger partial charge in [-0.15, -0.1) is 0 Å². The predicted octanol–water partition coefficient (Wildman–Crippen LogP) is 2.47. The summed E-state index contributed by atoms with van der Waals surface area (Å²) in [5.74, 6) is -3.12. The lowest BCUT2D eigenvalue weighted by Gasteiger charge is -2.34. The standard InChI is InChI=1S/C19H19F4N3O6/c1-31-16-13-10(6-11(20)14(16)25-4-2-9(3-5-25)17(24)28)15(27)12(32-18(29)30)7-26(13)8-19(21,22)23/h6-7,9H,2-5,8H2,1H3,(H2,24,28)(H,29,30). The number of anilines is 1. The van der Waals surface area contributed by atoms with Gasteiger partial charge in [0.15, 0.2) is 17.3 Å². The summed E-state index contributed by atoms with van der Waals surface area (Å²) in [6.07, 6.45) is -5.48. The first-order valence-electron chi connectivity index (χ1n) is 9.38. The molecule has 1 aromatic heterocycles. The summed E-state index contributed by atoms with van der Waals surface area (Å²) in [5, 5.41) is 8.24. The van der Waals surface area contributed by atoms with Crippen molar-refractivity contribution in [1.29, 1.82) is 0 Å². The molecule has 9 nitrogen and oxygen atoms in total. The zero-order valence-corrected chi connectivity index (χ0v) is 16.7. The monoisotopic (exact) mass is 461 g/mol. The van der Waals surface area contributed by atoms with Crippen LogP contribution < -0.4 is 25.5 Å². The van der Waals surface area contributed by atoms with Crippen LogP contribution in [-0.2, 0) is 11.3 Å². The highest BCUT2D eigenvalue weighted by molar-refractivity contribution is 5.92. The number of methoxy groups -OCH3 is 1. The molecule has 2 aromatic rings. The van der Waals surface area contributed by atoms with Crippen molar-refractivity contribution < 1.29 is 41.7 Å². The Kier molecular flexibility index (Phi) is 6.19. The number of hydrogen-bond acceptors (Lipinski definition) is 6. The Hall–Kier alpha value is -3.51. The predicted molar refractivity (Wildman–Crippen MR) is 104 cm³/mol. The van der Waals surface area contributed by atoms with Gasteiger partial charge < -0.3 is 29.8 Å². The summed E-state index contributed by atoms with van der Waals surface area (Å²) in [6.45, 7) is -1.27. The first kappa shape index (κ1) is 23.2. The topological polar surface area (TPSA) is 124 Å². The molecule has 1 saturated heterocycles. The van der Waals surface area contributed by atoms with Gasteiger partial charge in [0.1, 0.15) is 12.2 Å². The molecule has 32 heavy (non-hydrogen) atoms. The molecule has 0 spiro atoms. The minimum absolute atomic E-state index is 0.176. The number of ether oxygens (including phenoxy) is 2. The van der Waals surface area contributed by atoms with Crippen LogP contribution in [0.4, 0.5) is 28.0 Å². The number of amides is 1. The van der Waals surface area contributed by atoms with Crippen LogP contribution >= 0.6 is 0 Å². The number of carboxylic acid groups (broad SMARTS) is 1. The molecule has 0 aliphatic carbocycles. The molecule has 0 saturated carbocycles. The number of rotatable bonds is 5. The van der Waals surface area contributed by atoms with Gasteiger partial charge in [0, 0.05) is 19.0 Å². The van der Waals surface area contributed by atoms with Crippen LogP contribution in [-0.4, -0.2) is 48.1 Å². The van der Waals surface area contributed by atoms with Crippen molar-refractivity contribution in [2.75, 3.05) is 25.1 Å². The molecule has 0 radical (unpaired) electrons. The van der Waals surface area contributed by atoms with Crippen molar-refractivity contribution in [2.45, 2.75) is 25.6 Å². The summed E-state index contributed by atoms with van der Waals surface area (Å²) >= 11 is 0. The van der Waals surface area contributed by atoms with Gasteiger partial charge in [0.25, 0.3) is 0 Å². The molecule has 0 unspecified atom stereocenters. The van der Waals surface area contributed by atoms with Gasteiger partial charge >= 0.3 is 12.3 Å². The van der Waals surface area contributed by atoms with E-state index in [1.54, 1.807) is 0 Å². The van der Waals surface area contributed by atoms with Crippen molar-refractivity contribution in [2.24, 2.45) is 11.7 Å². The number of nitrogens with two attached hydrogens (primary N) is 1. The Morgan fingerprint density at radius 1 is 1.28 bits per heavy atom. The summed E-state index contributed by atoms with van der Waals surface area (Å²) in [4.78, 5) is 36.4. The number of fused-ring (bicyclic) bond motifs is 1. The van der Waals surface area contributed by atoms with E-state index in [0.29, 0.717) is 23.6 Å². The third-order valence-electron chi connectivity index (χ3n) is 5.18. The SMILES string of the molecule is COc1c(N2CCC(C(N)=O)CC2)c(F)cc2c(=O)c(OC(=O)O)cn(CC(F)(F)F)c12. The second-order valence-corrected chi connectivity index (χ2v) is 7.23. The second kappa shape index (κ2) is 8.55. The van der Waals surface area contributed by atoms with Crippen LogP contribution in [0.3, 0.4) is 0 Å². The van der Waals surface area contributed by atoms with Gasteiger partial charge in [0.2, 0.25) is 11.3 Å². The molecule has 0 bridgehead atoms. The molecule has 1 aliphatic rings. The molecular weight excluding hydrogens is 442 g/mol. The van der Waals surface area contributed by atoms with Crippen LogP contribution in [0.25, 0.3) is 10.9 Å². The highest BCUT2D eigenvalue weighted by Crippen LogP contribution is 2.40. The van der Waals surface area contributed by atoms with Crippen molar-refractivity contribution in [1.82, 2.24) is 4.57 Å². The zero-order valence-electron chi connectivity index (χ0n) is 16.7. The van der Waals surface area contributed by atoms with Crippen molar-refractivity contribution >= 4 is 28.7 Å². The van der Waals surface area contributed by atoms with Gasteiger partial charge in [-0.1, -0.05) is 0 Å². The highest BCUT2D eigenvalue weighted by atomic mass is 19.4. The van der Waals surface area contributed by atoms with Crippen molar-refractivity contribution in [3.8, 4) is 11.5 Å². The molecule has 2 heterocycles. The van der Waals surface area contributed by atoms with Gasteiger partial charge in [-0.3, -0.25) is 9.59 Å². The number of nitrogens with zero attached hydrogens (tertiary/aromatic N) is 2. The molecule has 1 aliphatic heterocycles. The summed E-state index contributed by atoms with van der Waals surface area (Å²) in [7, 11) is 1.11. The van der Waals surface area contributed by atoms with E-state index in [4.69, 9.17) is 15.6 Å². The number of aromatic nitrogens is 1. The van der Waals surface area contributed by atoms with Crippen LogP contribution in [0.5, 0.6) is 11.5 Å². The lowest BCUT2D eigenvalue weighted by atomic mass is 9.95. The number of alkyl halides is 3. The first-order chi connectivity index (χ1) is 14.9. The normalized spacial score (nSPS) is 15.1. The van der Waals surface area contributed by atoms with Gasteiger partial charge in [-0.25, -0.2) is 9.18 Å². The number of carbonyl (C=O) groups is 2. The largest absolute Gasteiger partial charge is 0.511 e. The van der Waals surface area contributed by atoms with E-state index < -0.39 is 53.1 Å². The Labute approximate surface area is 177 Å². The fourth-order valence-electron chi connectivity index (χ4n) is 3.82. The molecule has 1 fully saturated rings. The van der Waals surface area contributed by atoms with E-state index >= 15 is 4.39 Å². The van der Waals surface area contributed by atoms with Crippen molar-refractivity contribution in [3.05, 3.63) is 28.3 Å². The van der Waals surface area contributed by atoms with Crippen molar-refractivity contribution in [3.63, 3.8) is 0 Å². The average Bonchev–Trinajstić information content (AvgIpc) is 2.69. The molecule has 174 valence electrons. The van der Waals surface area contributed by atoms with E-state index in [1.165, 1.54) is 4.90 Å². The number of primary amides is 1. The Morgan fingerprint density at radius 2 is 1.91 bits per heavy atom. The molecular formula is C19H19F4N3O6. The summed E-state index contributed by atoms with van der Waals surface area (Å²) in [5.41, 5.74) is 3.64. The average molecular weight is 461 g/mol. The molecule has 3 rings (SSSR count). The smallest absolute Gasteiger partial charge is 0.492 e. The lowest BCUT2D eigenvalue weighted by Crippen LogP contribution is -2.39. The Morgan fingerprint density at radius 3 is 2.41 bits per heavy atom. The van der Waals surface area contributed by atoms with Gasteiger partial charge in [-0.2, -0.15) is 13.2 Å². The number of hydrogen-bond donors (Lipinski definition) is 2. The maximum atomic E-state index is 15.1. The number of carbonyl (C=O) groups excluding carboxylic acids is 1. The van der Waals surface area contributed by atoms with E-state index in [1.807, 2.05) is 0 Å². The lowest BCUT2D eigenvalue weighted by molar-refractivity contribution is -0.140. The maximum absolute atomic E-state index is 15.1. The quantitative estimate of drug-likeness (QED) is 0.518. The van der Waals surface area contributed by atoms with E-state index in [9.17, 15) is 27.6 Å². The fraction of sp³-hybridized carbons (Fsp3) is 0.421. The summed E-state index contributed by atoms with van der Waals surface area (Å²) in [6, 6.07) is 0.720. The zero-order chi connectivity index (χ0) is 23.8. The number of piperidine rings is 1. The van der Waals surface area contributed by atoms with Crippen LogP contribution in [0.2, 0.25) is 0 Å². The minimum Gasteiger partial charge on any atom is -0.492 e. The maximum Gasteiger partial charge on any atom is 0.511 e. The van der Waals surface area contributed by atoms with E-state index in [-0.39, 0.29) is 30.0 Å².